The first-order chi connectivity index (χ1) is 4.61. The number of aryl methyl sites for hydroxylation is 1. The average Bonchev–Trinajstić information content (AvgIpc) is 1.82. The van der Waals surface area contributed by atoms with Crippen LogP contribution >= 0.6 is 15.9 Å². The van der Waals surface area contributed by atoms with Crippen LogP contribution in [0.25, 0.3) is 0 Å². The number of halogens is 2. The molecule has 2 N–H and O–H groups in total. The minimum absolute atomic E-state index is 0.308. The van der Waals surface area contributed by atoms with Crippen LogP contribution in [0.15, 0.2) is 16.6 Å². The van der Waals surface area contributed by atoms with Gasteiger partial charge in [-0.3, -0.25) is 0 Å². The zero-order valence-electron chi connectivity index (χ0n) is 5.49. The van der Waals surface area contributed by atoms with Crippen LogP contribution in [-0.4, -0.2) is 0 Å². The summed E-state index contributed by atoms with van der Waals surface area (Å²) in [5.74, 6) is -0.308. The summed E-state index contributed by atoms with van der Waals surface area (Å²) < 4.78 is 13.1. The molecule has 0 aromatic heterocycles. The molecule has 0 saturated heterocycles. The number of hydrogen-bond donors (Lipinski definition) is 1. The highest BCUT2D eigenvalue weighted by atomic mass is 79.9. The van der Waals surface area contributed by atoms with Gasteiger partial charge in [0.2, 0.25) is 0 Å². The van der Waals surface area contributed by atoms with Gasteiger partial charge in [0.25, 0.3) is 0 Å². The highest BCUT2D eigenvalue weighted by Crippen LogP contribution is 2.23. The molecule has 0 heterocycles. The van der Waals surface area contributed by atoms with Gasteiger partial charge in [0.15, 0.2) is 0 Å². The van der Waals surface area contributed by atoms with E-state index in [2.05, 4.69) is 15.9 Å². The molecule has 0 saturated carbocycles. The van der Waals surface area contributed by atoms with Crippen molar-refractivity contribution in [1.82, 2.24) is 0 Å². The molecule has 0 bridgehead atoms. The van der Waals surface area contributed by atoms with Crippen molar-refractivity contribution in [3.05, 3.63) is 28.0 Å². The van der Waals surface area contributed by atoms with Gasteiger partial charge < -0.3 is 5.73 Å². The van der Waals surface area contributed by atoms with E-state index < -0.39 is 0 Å². The van der Waals surface area contributed by atoms with Crippen LogP contribution in [0.2, 0.25) is 0 Å². The van der Waals surface area contributed by atoms with Gasteiger partial charge in [-0.1, -0.05) is 0 Å². The number of hydrogen-bond acceptors (Lipinski definition) is 1. The molecule has 0 fully saturated rings. The van der Waals surface area contributed by atoms with Crippen LogP contribution in [-0.2, 0) is 0 Å². The Labute approximate surface area is 67.2 Å². The molecule has 0 unspecified atom stereocenters. The predicted octanol–water partition coefficient (Wildman–Crippen LogP) is 2.48. The molecule has 1 nitrogen and oxygen atoms in total. The zero-order chi connectivity index (χ0) is 7.72. The van der Waals surface area contributed by atoms with E-state index in [1.807, 2.05) is 0 Å². The van der Waals surface area contributed by atoms with Crippen LogP contribution < -0.4 is 5.73 Å². The van der Waals surface area contributed by atoms with Crippen molar-refractivity contribution in [3.63, 3.8) is 0 Å². The fourth-order valence-electron chi connectivity index (χ4n) is 0.751. The number of nitrogen functional groups attached to an aromatic ring is 1. The highest BCUT2D eigenvalue weighted by molar-refractivity contribution is 9.10. The van der Waals surface area contributed by atoms with E-state index in [1.165, 1.54) is 6.07 Å². The van der Waals surface area contributed by atoms with E-state index in [9.17, 15) is 4.39 Å². The standard InChI is InChI=1S/C7H7BrFN/c1-4-2-5(9)7(8)6(10)3-4/h2-3H,10H2,1H3. The molecule has 54 valence electrons. The molecular formula is C7H7BrFN. The summed E-state index contributed by atoms with van der Waals surface area (Å²) >= 11 is 3.01. The molecule has 0 aliphatic rings. The van der Waals surface area contributed by atoms with Gasteiger partial charge in [-0.15, -0.1) is 0 Å². The molecule has 0 radical (unpaired) electrons. The average molecular weight is 204 g/mol. The van der Waals surface area contributed by atoms with Gasteiger partial charge in [-0.25, -0.2) is 4.39 Å². The molecule has 3 heteroatoms. The van der Waals surface area contributed by atoms with Gasteiger partial charge in [0.05, 0.1) is 4.47 Å². The topological polar surface area (TPSA) is 26.0 Å². The molecule has 10 heavy (non-hydrogen) atoms. The second kappa shape index (κ2) is 2.58. The zero-order valence-corrected chi connectivity index (χ0v) is 7.07. The van der Waals surface area contributed by atoms with Crippen molar-refractivity contribution in [2.75, 3.05) is 5.73 Å². The van der Waals surface area contributed by atoms with Crippen molar-refractivity contribution in [1.29, 1.82) is 0 Å². The largest absolute Gasteiger partial charge is 0.398 e. The van der Waals surface area contributed by atoms with E-state index >= 15 is 0 Å². The first-order valence-corrected chi connectivity index (χ1v) is 3.61. The fraction of sp³-hybridized carbons (Fsp3) is 0.143. The maximum atomic E-state index is 12.7. The summed E-state index contributed by atoms with van der Waals surface area (Å²) in [6.45, 7) is 1.80. The normalized spacial score (nSPS) is 9.90. The minimum atomic E-state index is -0.308. The van der Waals surface area contributed by atoms with Crippen LogP contribution in [0, 0.1) is 12.7 Å². The Morgan fingerprint density at radius 2 is 2.10 bits per heavy atom. The summed E-state index contributed by atoms with van der Waals surface area (Å²) in [6, 6.07) is 3.15. The Morgan fingerprint density at radius 1 is 1.50 bits per heavy atom. The fourth-order valence-corrected chi connectivity index (χ4v) is 0.980. The van der Waals surface area contributed by atoms with Gasteiger partial charge >= 0.3 is 0 Å². The Hall–Kier alpha value is -0.570. The summed E-state index contributed by atoms with van der Waals surface area (Å²) in [6.07, 6.45) is 0. The highest BCUT2D eigenvalue weighted by Gasteiger charge is 2.02. The Bertz CT molecular complexity index is 237. The summed E-state index contributed by atoms with van der Waals surface area (Å²) in [5, 5.41) is 0. The maximum Gasteiger partial charge on any atom is 0.139 e. The van der Waals surface area contributed by atoms with E-state index in [1.54, 1.807) is 13.0 Å². The van der Waals surface area contributed by atoms with Crippen molar-refractivity contribution < 1.29 is 4.39 Å². The molecule has 1 rings (SSSR count). The molecule has 1 aromatic carbocycles. The third-order valence-electron chi connectivity index (χ3n) is 1.20. The Balaban J connectivity index is 3.31. The van der Waals surface area contributed by atoms with Gasteiger partial charge in [-0.2, -0.15) is 0 Å². The lowest BCUT2D eigenvalue weighted by Gasteiger charge is -2.00. The monoisotopic (exact) mass is 203 g/mol. The number of rotatable bonds is 0. The molecule has 0 aliphatic heterocycles. The second-order valence-electron chi connectivity index (χ2n) is 2.15. The van der Waals surface area contributed by atoms with E-state index in [-0.39, 0.29) is 5.82 Å². The van der Waals surface area contributed by atoms with Gasteiger partial charge in [0, 0.05) is 5.69 Å². The molecule has 0 aliphatic carbocycles. The lowest BCUT2D eigenvalue weighted by Crippen LogP contribution is -1.90. The van der Waals surface area contributed by atoms with Crippen LogP contribution in [0.1, 0.15) is 5.56 Å². The SMILES string of the molecule is Cc1cc(N)c(Br)c(F)c1. The molecule has 0 atom stereocenters. The van der Waals surface area contributed by atoms with E-state index in [4.69, 9.17) is 5.73 Å². The van der Waals surface area contributed by atoms with Gasteiger partial charge in [0.1, 0.15) is 5.82 Å². The first-order valence-electron chi connectivity index (χ1n) is 2.82. The summed E-state index contributed by atoms with van der Waals surface area (Å²) in [4.78, 5) is 0. The third kappa shape index (κ3) is 1.29. The smallest absolute Gasteiger partial charge is 0.139 e. The Kier molecular flexibility index (Phi) is 1.94. The van der Waals surface area contributed by atoms with Crippen molar-refractivity contribution in [2.24, 2.45) is 0 Å². The first kappa shape index (κ1) is 7.54. The third-order valence-corrected chi connectivity index (χ3v) is 2.04. The van der Waals surface area contributed by atoms with E-state index in [0.29, 0.717) is 10.2 Å². The molecule has 0 amide bonds. The van der Waals surface area contributed by atoms with Crippen LogP contribution in [0.5, 0.6) is 0 Å². The number of nitrogens with two attached hydrogens (primary N) is 1. The van der Waals surface area contributed by atoms with Crippen molar-refractivity contribution in [3.8, 4) is 0 Å². The van der Waals surface area contributed by atoms with Gasteiger partial charge in [-0.05, 0) is 40.5 Å². The molecule has 0 spiro atoms. The minimum Gasteiger partial charge on any atom is -0.398 e. The van der Waals surface area contributed by atoms with Crippen LogP contribution in [0.3, 0.4) is 0 Å². The lowest BCUT2D eigenvalue weighted by molar-refractivity contribution is 0.621. The lowest BCUT2D eigenvalue weighted by atomic mass is 10.2. The predicted molar refractivity (Wildman–Crippen MR) is 43.2 cm³/mol. The van der Waals surface area contributed by atoms with Crippen LogP contribution in [0.4, 0.5) is 10.1 Å². The van der Waals surface area contributed by atoms with Crippen molar-refractivity contribution in [2.45, 2.75) is 6.92 Å². The molecule has 1 aromatic rings. The van der Waals surface area contributed by atoms with E-state index in [0.717, 1.165) is 5.56 Å². The molecular weight excluding hydrogens is 197 g/mol. The quantitative estimate of drug-likeness (QED) is 0.645. The maximum absolute atomic E-state index is 12.7. The number of benzene rings is 1. The summed E-state index contributed by atoms with van der Waals surface area (Å²) in [7, 11) is 0. The van der Waals surface area contributed by atoms with Crippen molar-refractivity contribution >= 4 is 21.6 Å². The Morgan fingerprint density at radius 3 is 2.60 bits per heavy atom. The summed E-state index contributed by atoms with van der Waals surface area (Å²) in [5.41, 5.74) is 6.71. The number of anilines is 1. The second-order valence-corrected chi connectivity index (χ2v) is 2.94.